The topological polar surface area (TPSA) is 74.6 Å². The second kappa shape index (κ2) is 3.20. The molecule has 0 rings (SSSR count). The number of carbonyl (C=O) groups is 2. The summed E-state index contributed by atoms with van der Waals surface area (Å²) in [6.45, 7) is 4.49. The first-order valence-electron chi connectivity index (χ1n) is 2.75. The zero-order valence-corrected chi connectivity index (χ0v) is 5.57. The highest BCUT2D eigenvalue weighted by Gasteiger charge is 2.24. The number of aliphatic carboxylic acids is 2. The molecule has 4 heteroatoms. The predicted octanol–water partition coefficient (Wildman–Crippen LogP) is 0.242. The molecule has 0 amide bonds. The molecule has 57 valence electrons. The summed E-state index contributed by atoms with van der Waals surface area (Å²) in [4.78, 5) is 20.3. The molecule has 2 atom stereocenters. The maximum Gasteiger partial charge on any atom is 0.307 e. The van der Waals surface area contributed by atoms with Crippen LogP contribution < -0.4 is 0 Å². The Morgan fingerprint density at radius 1 is 1.30 bits per heavy atom. The Balaban J connectivity index is 4.07. The van der Waals surface area contributed by atoms with Gasteiger partial charge in [-0.1, -0.05) is 6.92 Å². The maximum absolute atomic E-state index is 10.1. The molecule has 2 N–H and O–H groups in total. The monoisotopic (exact) mass is 145 g/mol. The van der Waals surface area contributed by atoms with Gasteiger partial charge in [0.05, 0.1) is 11.8 Å². The normalized spacial score (nSPS) is 15.8. The van der Waals surface area contributed by atoms with Crippen molar-refractivity contribution in [3.8, 4) is 0 Å². The van der Waals surface area contributed by atoms with Gasteiger partial charge in [0.1, 0.15) is 0 Å². The molecule has 0 aromatic heterocycles. The first-order valence-corrected chi connectivity index (χ1v) is 2.75. The van der Waals surface area contributed by atoms with Gasteiger partial charge in [-0.3, -0.25) is 9.59 Å². The molecule has 0 fully saturated rings. The third-order valence-electron chi connectivity index (χ3n) is 1.31. The van der Waals surface area contributed by atoms with Crippen LogP contribution in [0.25, 0.3) is 0 Å². The summed E-state index contributed by atoms with van der Waals surface area (Å²) in [5.41, 5.74) is 0. The van der Waals surface area contributed by atoms with Crippen LogP contribution in [0.4, 0.5) is 0 Å². The van der Waals surface area contributed by atoms with E-state index in [9.17, 15) is 9.59 Å². The van der Waals surface area contributed by atoms with Crippen molar-refractivity contribution in [2.45, 2.75) is 6.92 Å². The summed E-state index contributed by atoms with van der Waals surface area (Å²) in [5.74, 6) is -4.33. The lowest BCUT2D eigenvalue weighted by atomic mass is 9.97. The van der Waals surface area contributed by atoms with Crippen LogP contribution in [0, 0.1) is 18.8 Å². The van der Waals surface area contributed by atoms with E-state index < -0.39 is 23.8 Å². The lowest BCUT2D eigenvalue weighted by Crippen LogP contribution is -2.24. The molecule has 0 aromatic rings. The van der Waals surface area contributed by atoms with Crippen molar-refractivity contribution in [3.05, 3.63) is 6.92 Å². The van der Waals surface area contributed by atoms with Gasteiger partial charge in [-0.25, -0.2) is 0 Å². The Hall–Kier alpha value is -1.06. The Labute approximate surface area is 58.5 Å². The minimum atomic E-state index is -1.19. The lowest BCUT2D eigenvalue weighted by molar-refractivity contribution is -0.151. The molecule has 0 heterocycles. The molecule has 4 nitrogen and oxygen atoms in total. The van der Waals surface area contributed by atoms with Crippen molar-refractivity contribution >= 4 is 11.9 Å². The standard InChI is InChI=1S/C6H9O4/c1-3(5(7)8)4(2)6(9)10/h3-4H,1H2,2H3,(H,7,8)(H,9,10). The third kappa shape index (κ3) is 2.05. The lowest BCUT2D eigenvalue weighted by Gasteiger charge is -2.09. The zero-order valence-electron chi connectivity index (χ0n) is 5.57. The molecule has 0 aliphatic heterocycles. The molecule has 1 radical (unpaired) electrons. The fourth-order valence-corrected chi connectivity index (χ4v) is 0.386. The molecule has 2 unspecified atom stereocenters. The fourth-order valence-electron chi connectivity index (χ4n) is 0.386. The van der Waals surface area contributed by atoms with E-state index in [-0.39, 0.29) is 0 Å². The van der Waals surface area contributed by atoms with Gasteiger partial charge in [0.15, 0.2) is 0 Å². The van der Waals surface area contributed by atoms with Gasteiger partial charge in [-0.15, -0.1) is 0 Å². The second-order valence-electron chi connectivity index (χ2n) is 2.07. The average Bonchev–Trinajstić information content (AvgIpc) is 1.84. The highest BCUT2D eigenvalue weighted by Crippen LogP contribution is 2.09. The summed E-state index contributed by atoms with van der Waals surface area (Å²) in [6, 6.07) is 0. The maximum atomic E-state index is 10.1. The molecule has 0 aromatic carbocycles. The molecule has 0 saturated carbocycles. The largest absolute Gasteiger partial charge is 0.481 e. The van der Waals surface area contributed by atoms with Gasteiger partial charge in [0.25, 0.3) is 0 Å². The van der Waals surface area contributed by atoms with Gasteiger partial charge in [-0.05, 0) is 6.92 Å². The van der Waals surface area contributed by atoms with Crippen molar-refractivity contribution in [2.75, 3.05) is 0 Å². The van der Waals surface area contributed by atoms with Crippen LogP contribution in [0.5, 0.6) is 0 Å². The molecule has 0 bridgehead atoms. The molecule has 0 aliphatic rings. The van der Waals surface area contributed by atoms with Crippen LogP contribution in [0.3, 0.4) is 0 Å². The van der Waals surface area contributed by atoms with Gasteiger partial charge in [0, 0.05) is 0 Å². The third-order valence-corrected chi connectivity index (χ3v) is 1.31. The summed E-state index contributed by atoms with van der Waals surface area (Å²) < 4.78 is 0. The van der Waals surface area contributed by atoms with E-state index in [1.165, 1.54) is 6.92 Å². The van der Waals surface area contributed by atoms with Crippen LogP contribution >= 0.6 is 0 Å². The van der Waals surface area contributed by atoms with Crippen LogP contribution in [0.2, 0.25) is 0 Å². The van der Waals surface area contributed by atoms with Gasteiger partial charge in [0.2, 0.25) is 0 Å². The smallest absolute Gasteiger partial charge is 0.307 e. The van der Waals surface area contributed by atoms with Crippen molar-refractivity contribution in [1.82, 2.24) is 0 Å². The highest BCUT2D eigenvalue weighted by molar-refractivity contribution is 5.80. The number of carboxylic acids is 2. The van der Waals surface area contributed by atoms with Crippen molar-refractivity contribution in [2.24, 2.45) is 11.8 Å². The van der Waals surface area contributed by atoms with E-state index in [2.05, 4.69) is 6.92 Å². The van der Waals surface area contributed by atoms with E-state index in [0.717, 1.165) is 0 Å². The van der Waals surface area contributed by atoms with Gasteiger partial charge >= 0.3 is 11.9 Å². The molecular weight excluding hydrogens is 136 g/mol. The second-order valence-corrected chi connectivity index (χ2v) is 2.07. The fraction of sp³-hybridized carbons (Fsp3) is 0.500. The van der Waals surface area contributed by atoms with Crippen molar-refractivity contribution < 1.29 is 19.8 Å². The van der Waals surface area contributed by atoms with Crippen LogP contribution in [-0.4, -0.2) is 22.2 Å². The van der Waals surface area contributed by atoms with Gasteiger partial charge < -0.3 is 10.2 Å². The van der Waals surface area contributed by atoms with Crippen LogP contribution in [-0.2, 0) is 9.59 Å². The number of rotatable bonds is 3. The minimum Gasteiger partial charge on any atom is -0.481 e. The van der Waals surface area contributed by atoms with Crippen LogP contribution in [0.15, 0.2) is 0 Å². The first-order chi connectivity index (χ1) is 4.46. The van der Waals surface area contributed by atoms with E-state index in [1.54, 1.807) is 0 Å². The number of hydrogen-bond acceptors (Lipinski definition) is 2. The van der Waals surface area contributed by atoms with Crippen molar-refractivity contribution in [1.29, 1.82) is 0 Å². The molecule has 0 saturated heterocycles. The van der Waals surface area contributed by atoms with Crippen LogP contribution in [0.1, 0.15) is 6.92 Å². The summed E-state index contributed by atoms with van der Waals surface area (Å²) in [7, 11) is 0. The highest BCUT2D eigenvalue weighted by atomic mass is 16.4. The molecule has 0 spiro atoms. The van der Waals surface area contributed by atoms with E-state index >= 15 is 0 Å². The SMILES string of the molecule is [CH2]C(C(=O)O)C(C)C(=O)O. The molecule has 10 heavy (non-hydrogen) atoms. The Bertz CT molecular complexity index is 134. The Morgan fingerprint density at radius 2 is 1.70 bits per heavy atom. The molecular formula is C6H9O4. The van der Waals surface area contributed by atoms with E-state index in [0.29, 0.717) is 0 Å². The number of hydrogen-bond donors (Lipinski definition) is 2. The minimum absolute atomic E-state index is 0.933. The quantitative estimate of drug-likeness (QED) is 0.596. The summed E-state index contributed by atoms with van der Waals surface area (Å²) in [6.07, 6.45) is 0. The zero-order chi connectivity index (χ0) is 8.31. The Kier molecular flexibility index (Phi) is 2.86. The van der Waals surface area contributed by atoms with Crippen molar-refractivity contribution in [3.63, 3.8) is 0 Å². The van der Waals surface area contributed by atoms with E-state index in [1.807, 2.05) is 0 Å². The summed E-state index contributed by atoms with van der Waals surface area (Å²) in [5, 5.41) is 16.6. The predicted molar refractivity (Wildman–Crippen MR) is 33.3 cm³/mol. The van der Waals surface area contributed by atoms with E-state index in [4.69, 9.17) is 10.2 Å². The van der Waals surface area contributed by atoms with Gasteiger partial charge in [-0.2, -0.15) is 0 Å². The Morgan fingerprint density at radius 3 is 1.80 bits per heavy atom. The molecule has 0 aliphatic carbocycles. The summed E-state index contributed by atoms with van der Waals surface area (Å²) >= 11 is 0. The average molecular weight is 145 g/mol. The first kappa shape index (κ1) is 8.94. The number of carboxylic acid groups (broad SMARTS) is 2.